The van der Waals surface area contributed by atoms with E-state index in [1.165, 1.54) is 4.90 Å². The number of carbonyl (C=O) groups is 1. The van der Waals surface area contributed by atoms with Gasteiger partial charge in [-0.05, 0) is 25.7 Å². The van der Waals surface area contributed by atoms with Gasteiger partial charge in [0, 0.05) is 19.1 Å². The fourth-order valence-electron chi connectivity index (χ4n) is 2.44. The number of carbonyl (C=O) groups excluding carboxylic acids is 1. The highest BCUT2D eigenvalue weighted by Crippen LogP contribution is 2.17. The number of sulfonamides is 1. The van der Waals surface area contributed by atoms with Crippen LogP contribution in [0.3, 0.4) is 0 Å². The maximum atomic E-state index is 12.2. The van der Waals surface area contributed by atoms with Gasteiger partial charge in [-0.1, -0.05) is 6.92 Å². The van der Waals surface area contributed by atoms with Crippen LogP contribution in [0.4, 0.5) is 0 Å². The second-order valence-electron chi connectivity index (χ2n) is 5.45. The van der Waals surface area contributed by atoms with Crippen molar-refractivity contribution in [3.63, 3.8) is 0 Å². The Hall–Kier alpha value is -0.670. The van der Waals surface area contributed by atoms with E-state index in [0.717, 1.165) is 19.1 Å². The monoisotopic (exact) mass is 340 g/mol. The van der Waals surface area contributed by atoms with Crippen LogP contribution in [-0.2, 0) is 24.7 Å². The van der Waals surface area contributed by atoms with Gasteiger partial charge >= 0.3 is 0 Å². The third-order valence-electron chi connectivity index (χ3n) is 3.39. The van der Waals surface area contributed by atoms with Crippen LogP contribution in [0.2, 0.25) is 0 Å². The fourth-order valence-corrected chi connectivity index (χ4v) is 4.25. The molecule has 0 aromatic heterocycles. The van der Waals surface area contributed by atoms with E-state index < -0.39 is 31.5 Å². The molecule has 1 N–H and O–H groups in total. The molecule has 1 fully saturated rings. The van der Waals surface area contributed by atoms with Gasteiger partial charge in [0.25, 0.3) is 0 Å². The van der Waals surface area contributed by atoms with Crippen LogP contribution in [0, 0.1) is 0 Å². The first-order valence-corrected chi connectivity index (χ1v) is 10.8. The normalized spacial score (nSPS) is 20.5. The molecule has 0 radical (unpaired) electrons. The van der Waals surface area contributed by atoms with Crippen molar-refractivity contribution in [2.75, 3.05) is 30.9 Å². The molecule has 0 saturated carbocycles. The molecule has 1 heterocycles. The van der Waals surface area contributed by atoms with Crippen LogP contribution < -0.4 is 4.72 Å². The van der Waals surface area contributed by atoms with E-state index in [1.807, 2.05) is 0 Å². The Bertz CT molecular complexity index is 556. The number of sulfone groups is 1. The van der Waals surface area contributed by atoms with E-state index in [1.54, 1.807) is 6.92 Å². The Morgan fingerprint density at radius 1 is 1.24 bits per heavy atom. The van der Waals surface area contributed by atoms with Crippen molar-refractivity contribution in [3.05, 3.63) is 0 Å². The third-order valence-corrected chi connectivity index (χ3v) is 5.80. The highest BCUT2D eigenvalue weighted by Gasteiger charge is 2.29. The minimum Gasteiger partial charge on any atom is -0.338 e. The topological polar surface area (TPSA) is 101 Å². The van der Waals surface area contributed by atoms with Gasteiger partial charge in [-0.15, -0.1) is 0 Å². The molecule has 1 rings (SSSR count). The lowest BCUT2D eigenvalue weighted by Crippen LogP contribution is -2.51. The summed E-state index contributed by atoms with van der Waals surface area (Å²) in [6.45, 7) is 2.37. The van der Waals surface area contributed by atoms with Crippen LogP contribution in [0.15, 0.2) is 0 Å². The van der Waals surface area contributed by atoms with E-state index in [0.29, 0.717) is 19.4 Å². The SMILES string of the molecule is CCCS(=O)(=O)CC(=O)N1CCCCC1CNS(C)(=O)=O. The predicted octanol–water partition coefficient (Wildman–Crippen LogP) is -0.258. The Balaban J connectivity index is 2.70. The molecule has 0 aromatic carbocycles. The zero-order chi connectivity index (χ0) is 16.1. The van der Waals surface area contributed by atoms with Crippen LogP contribution in [0.1, 0.15) is 32.6 Å². The summed E-state index contributed by atoms with van der Waals surface area (Å²) in [7, 11) is -6.70. The van der Waals surface area contributed by atoms with Gasteiger partial charge in [-0.3, -0.25) is 4.79 Å². The predicted molar refractivity (Wildman–Crippen MR) is 81.1 cm³/mol. The van der Waals surface area contributed by atoms with Crippen LogP contribution >= 0.6 is 0 Å². The molecule has 9 heteroatoms. The molecule has 1 atom stereocenters. The lowest BCUT2D eigenvalue weighted by atomic mass is 10.0. The van der Waals surface area contributed by atoms with E-state index in [-0.39, 0.29) is 18.3 Å². The Morgan fingerprint density at radius 2 is 1.90 bits per heavy atom. The molecule has 0 aliphatic carbocycles. The van der Waals surface area contributed by atoms with Crippen molar-refractivity contribution in [3.8, 4) is 0 Å². The lowest BCUT2D eigenvalue weighted by Gasteiger charge is -2.35. The standard InChI is InChI=1S/C12H24N2O5S2/c1-3-8-21(18,19)10-12(15)14-7-5-4-6-11(14)9-13-20(2,16)17/h11,13H,3-10H2,1-2H3. The Morgan fingerprint density at radius 3 is 2.48 bits per heavy atom. The lowest BCUT2D eigenvalue weighted by molar-refractivity contribution is -0.131. The second kappa shape index (κ2) is 7.55. The molecule has 0 bridgehead atoms. The maximum Gasteiger partial charge on any atom is 0.238 e. The zero-order valence-corrected chi connectivity index (χ0v) is 14.2. The molecule has 7 nitrogen and oxygen atoms in total. The van der Waals surface area contributed by atoms with Crippen LogP contribution in [-0.4, -0.2) is 64.5 Å². The van der Waals surface area contributed by atoms with Gasteiger partial charge in [0.1, 0.15) is 5.75 Å². The van der Waals surface area contributed by atoms with Crippen LogP contribution in [0.5, 0.6) is 0 Å². The summed E-state index contributed by atoms with van der Waals surface area (Å²) in [6, 6.07) is -0.266. The van der Waals surface area contributed by atoms with Gasteiger partial charge in [0.2, 0.25) is 15.9 Å². The largest absolute Gasteiger partial charge is 0.338 e. The molecule has 1 aliphatic rings. The summed E-state index contributed by atoms with van der Waals surface area (Å²) in [5.74, 6) is -0.918. The minimum absolute atomic E-state index is 0.00115. The number of nitrogens with zero attached hydrogens (tertiary/aromatic N) is 1. The molecular weight excluding hydrogens is 316 g/mol. The first-order valence-electron chi connectivity index (χ1n) is 7.09. The van der Waals surface area contributed by atoms with Crippen molar-refractivity contribution in [2.24, 2.45) is 0 Å². The first kappa shape index (κ1) is 18.4. The summed E-state index contributed by atoms with van der Waals surface area (Å²) in [5.41, 5.74) is 0. The summed E-state index contributed by atoms with van der Waals surface area (Å²) in [5, 5.41) is 0. The zero-order valence-electron chi connectivity index (χ0n) is 12.5. The van der Waals surface area contributed by atoms with Gasteiger partial charge in [0.05, 0.1) is 12.0 Å². The average Bonchev–Trinajstić information content (AvgIpc) is 2.35. The number of hydrogen-bond donors (Lipinski definition) is 1. The minimum atomic E-state index is -3.38. The highest BCUT2D eigenvalue weighted by atomic mass is 32.2. The van der Waals surface area contributed by atoms with Crippen molar-refractivity contribution in [2.45, 2.75) is 38.6 Å². The number of hydrogen-bond acceptors (Lipinski definition) is 5. The number of amides is 1. The van der Waals surface area contributed by atoms with E-state index in [9.17, 15) is 21.6 Å². The van der Waals surface area contributed by atoms with Crippen molar-refractivity contribution < 1.29 is 21.6 Å². The summed E-state index contributed by atoms with van der Waals surface area (Å²) < 4.78 is 48.2. The Labute approximate surface area is 127 Å². The van der Waals surface area contributed by atoms with Gasteiger partial charge in [-0.25, -0.2) is 21.6 Å². The molecule has 1 aliphatic heterocycles. The van der Waals surface area contributed by atoms with E-state index in [2.05, 4.69) is 4.72 Å². The van der Waals surface area contributed by atoms with Gasteiger partial charge in [-0.2, -0.15) is 0 Å². The summed E-state index contributed by atoms with van der Waals surface area (Å²) >= 11 is 0. The van der Waals surface area contributed by atoms with Gasteiger partial charge in [0.15, 0.2) is 9.84 Å². The fraction of sp³-hybridized carbons (Fsp3) is 0.917. The Kier molecular flexibility index (Phi) is 6.61. The van der Waals surface area contributed by atoms with Crippen molar-refractivity contribution in [1.29, 1.82) is 0 Å². The first-order chi connectivity index (χ1) is 9.64. The number of rotatable bonds is 7. The molecule has 21 heavy (non-hydrogen) atoms. The average molecular weight is 340 g/mol. The summed E-state index contributed by atoms with van der Waals surface area (Å²) in [4.78, 5) is 13.7. The third kappa shape index (κ3) is 6.75. The van der Waals surface area contributed by atoms with E-state index in [4.69, 9.17) is 0 Å². The van der Waals surface area contributed by atoms with E-state index >= 15 is 0 Å². The van der Waals surface area contributed by atoms with Crippen molar-refractivity contribution in [1.82, 2.24) is 9.62 Å². The highest BCUT2D eigenvalue weighted by molar-refractivity contribution is 7.92. The molecule has 1 unspecified atom stereocenters. The van der Waals surface area contributed by atoms with Gasteiger partial charge < -0.3 is 4.90 Å². The number of likely N-dealkylation sites (tertiary alicyclic amines) is 1. The second-order valence-corrected chi connectivity index (χ2v) is 9.47. The molecule has 0 spiro atoms. The summed E-state index contributed by atoms with van der Waals surface area (Å²) in [6.07, 6.45) is 3.95. The molecule has 124 valence electrons. The quantitative estimate of drug-likeness (QED) is 0.688. The molecule has 0 aromatic rings. The number of nitrogens with one attached hydrogen (secondary N) is 1. The number of piperidine rings is 1. The molecular formula is C12H24N2O5S2. The smallest absolute Gasteiger partial charge is 0.238 e. The molecule has 1 saturated heterocycles. The molecule has 1 amide bonds. The van der Waals surface area contributed by atoms with Crippen molar-refractivity contribution >= 4 is 25.8 Å². The maximum absolute atomic E-state index is 12.2. The van der Waals surface area contributed by atoms with Crippen LogP contribution in [0.25, 0.3) is 0 Å².